The SMILES string of the molecule is O=C(Cc1ccc(-n2cccn2)cc1)NCCCO. The molecule has 1 aromatic heterocycles. The summed E-state index contributed by atoms with van der Waals surface area (Å²) >= 11 is 0. The van der Waals surface area contributed by atoms with Crippen LogP contribution in [0.25, 0.3) is 5.69 Å². The Morgan fingerprint density at radius 3 is 2.74 bits per heavy atom. The fourth-order valence-electron chi connectivity index (χ4n) is 1.74. The molecule has 0 bridgehead atoms. The average molecular weight is 259 g/mol. The molecule has 1 aromatic carbocycles. The van der Waals surface area contributed by atoms with Crippen LogP contribution in [0.2, 0.25) is 0 Å². The van der Waals surface area contributed by atoms with Gasteiger partial charge in [-0.15, -0.1) is 0 Å². The van der Waals surface area contributed by atoms with Crippen molar-refractivity contribution in [2.24, 2.45) is 0 Å². The highest BCUT2D eigenvalue weighted by Gasteiger charge is 2.03. The van der Waals surface area contributed by atoms with Gasteiger partial charge in [-0.05, 0) is 30.2 Å². The van der Waals surface area contributed by atoms with Gasteiger partial charge in [0.05, 0.1) is 12.1 Å². The summed E-state index contributed by atoms with van der Waals surface area (Å²) in [5, 5.41) is 15.5. The molecule has 1 heterocycles. The molecule has 0 fully saturated rings. The Morgan fingerprint density at radius 2 is 2.11 bits per heavy atom. The fourth-order valence-corrected chi connectivity index (χ4v) is 1.74. The number of hydrogen-bond acceptors (Lipinski definition) is 3. The topological polar surface area (TPSA) is 67.2 Å². The number of nitrogens with one attached hydrogen (secondary N) is 1. The van der Waals surface area contributed by atoms with Crippen molar-refractivity contribution >= 4 is 5.91 Å². The zero-order valence-electron chi connectivity index (χ0n) is 10.6. The molecule has 2 rings (SSSR count). The lowest BCUT2D eigenvalue weighted by atomic mass is 10.1. The van der Waals surface area contributed by atoms with Crippen LogP contribution < -0.4 is 5.32 Å². The second kappa shape index (κ2) is 6.70. The molecule has 0 atom stereocenters. The summed E-state index contributed by atoms with van der Waals surface area (Å²) in [5.41, 5.74) is 1.92. The monoisotopic (exact) mass is 259 g/mol. The third kappa shape index (κ3) is 3.93. The summed E-state index contributed by atoms with van der Waals surface area (Å²) in [6, 6.07) is 9.57. The second-order valence-corrected chi connectivity index (χ2v) is 4.22. The molecule has 19 heavy (non-hydrogen) atoms. The molecule has 1 amide bonds. The van der Waals surface area contributed by atoms with Crippen molar-refractivity contribution in [2.75, 3.05) is 13.2 Å². The van der Waals surface area contributed by atoms with Gasteiger partial charge in [-0.25, -0.2) is 4.68 Å². The van der Waals surface area contributed by atoms with Crippen LogP contribution in [0.4, 0.5) is 0 Å². The van der Waals surface area contributed by atoms with E-state index in [0.29, 0.717) is 19.4 Å². The van der Waals surface area contributed by atoms with Crippen LogP contribution in [0.1, 0.15) is 12.0 Å². The lowest BCUT2D eigenvalue weighted by Gasteiger charge is -2.05. The standard InChI is InChI=1S/C14H17N3O2/c18-10-2-7-15-14(19)11-12-3-5-13(6-4-12)17-9-1-8-16-17/h1,3-6,8-9,18H,2,7,10-11H2,(H,15,19). The first-order chi connectivity index (χ1) is 9.29. The largest absolute Gasteiger partial charge is 0.396 e. The predicted octanol–water partition coefficient (Wildman–Crippen LogP) is 0.913. The Labute approximate surface area is 111 Å². The first kappa shape index (κ1) is 13.3. The molecular formula is C14H17N3O2. The molecule has 0 aliphatic rings. The number of aliphatic hydroxyl groups is 1. The maximum Gasteiger partial charge on any atom is 0.224 e. The van der Waals surface area contributed by atoms with Crippen molar-refractivity contribution in [3.8, 4) is 5.69 Å². The summed E-state index contributed by atoms with van der Waals surface area (Å²) in [4.78, 5) is 11.6. The van der Waals surface area contributed by atoms with E-state index in [-0.39, 0.29) is 12.5 Å². The number of carbonyl (C=O) groups excluding carboxylic acids is 1. The van der Waals surface area contributed by atoms with Crippen molar-refractivity contribution in [3.63, 3.8) is 0 Å². The number of carbonyl (C=O) groups is 1. The van der Waals surface area contributed by atoms with Gasteiger partial charge in [-0.1, -0.05) is 12.1 Å². The van der Waals surface area contributed by atoms with Crippen LogP contribution in [-0.2, 0) is 11.2 Å². The van der Waals surface area contributed by atoms with E-state index in [1.54, 1.807) is 10.9 Å². The van der Waals surface area contributed by atoms with Crippen LogP contribution >= 0.6 is 0 Å². The highest BCUT2D eigenvalue weighted by Crippen LogP contribution is 2.09. The normalized spacial score (nSPS) is 10.4. The van der Waals surface area contributed by atoms with Crippen molar-refractivity contribution < 1.29 is 9.90 Å². The first-order valence-electron chi connectivity index (χ1n) is 6.26. The Kier molecular flexibility index (Phi) is 4.69. The summed E-state index contributed by atoms with van der Waals surface area (Å²) < 4.78 is 1.77. The minimum Gasteiger partial charge on any atom is -0.396 e. The van der Waals surface area contributed by atoms with Crippen LogP contribution in [0.3, 0.4) is 0 Å². The molecule has 5 heteroatoms. The van der Waals surface area contributed by atoms with Gasteiger partial charge < -0.3 is 10.4 Å². The number of hydrogen-bond donors (Lipinski definition) is 2. The molecule has 0 radical (unpaired) electrons. The van der Waals surface area contributed by atoms with Gasteiger partial charge in [-0.2, -0.15) is 5.10 Å². The van der Waals surface area contributed by atoms with Crippen molar-refractivity contribution in [2.45, 2.75) is 12.8 Å². The Morgan fingerprint density at radius 1 is 1.32 bits per heavy atom. The average Bonchev–Trinajstić information content (AvgIpc) is 2.94. The van der Waals surface area contributed by atoms with Crippen molar-refractivity contribution in [1.82, 2.24) is 15.1 Å². The lowest BCUT2D eigenvalue weighted by Crippen LogP contribution is -2.26. The second-order valence-electron chi connectivity index (χ2n) is 4.22. The van der Waals surface area contributed by atoms with Crippen LogP contribution in [0.15, 0.2) is 42.7 Å². The highest BCUT2D eigenvalue weighted by molar-refractivity contribution is 5.78. The number of nitrogens with zero attached hydrogens (tertiary/aromatic N) is 2. The van der Waals surface area contributed by atoms with E-state index in [1.807, 2.05) is 36.5 Å². The van der Waals surface area contributed by atoms with Gasteiger partial charge in [0, 0.05) is 25.5 Å². The van der Waals surface area contributed by atoms with Gasteiger partial charge >= 0.3 is 0 Å². The zero-order valence-corrected chi connectivity index (χ0v) is 10.6. The number of rotatable bonds is 6. The molecule has 0 saturated carbocycles. The minimum absolute atomic E-state index is 0.0275. The van der Waals surface area contributed by atoms with Gasteiger partial charge in [-0.3, -0.25) is 4.79 Å². The molecular weight excluding hydrogens is 242 g/mol. The lowest BCUT2D eigenvalue weighted by molar-refractivity contribution is -0.120. The van der Waals surface area contributed by atoms with Gasteiger partial charge in [0.25, 0.3) is 0 Å². The number of aromatic nitrogens is 2. The first-order valence-corrected chi connectivity index (χ1v) is 6.26. The Balaban J connectivity index is 1.90. The van der Waals surface area contributed by atoms with E-state index in [1.165, 1.54) is 0 Å². The molecule has 5 nitrogen and oxygen atoms in total. The Hall–Kier alpha value is -2.14. The maximum atomic E-state index is 11.6. The molecule has 2 aromatic rings. The van der Waals surface area contributed by atoms with E-state index < -0.39 is 0 Å². The minimum atomic E-state index is -0.0275. The van der Waals surface area contributed by atoms with E-state index >= 15 is 0 Å². The van der Waals surface area contributed by atoms with Gasteiger partial charge in [0.15, 0.2) is 0 Å². The third-order valence-corrected chi connectivity index (χ3v) is 2.73. The summed E-state index contributed by atoms with van der Waals surface area (Å²) in [7, 11) is 0. The fraction of sp³-hybridized carbons (Fsp3) is 0.286. The zero-order chi connectivity index (χ0) is 13.5. The molecule has 0 spiro atoms. The quantitative estimate of drug-likeness (QED) is 0.758. The predicted molar refractivity (Wildman–Crippen MR) is 72.0 cm³/mol. The number of benzene rings is 1. The van der Waals surface area contributed by atoms with E-state index in [9.17, 15) is 4.79 Å². The molecule has 0 unspecified atom stereocenters. The van der Waals surface area contributed by atoms with Gasteiger partial charge in [0.2, 0.25) is 5.91 Å². The van der Waals surface area contributed by atoms with Crippen molar-refractivity contribution in [1.29, 1.82) is 0 Å². The van der Waals surface area contributed by atoms with Crippen LogP contribution in [-0.4, -0.2) is 33.9 Å². The summed E-state index contributed by atoms with van der Waals surface area (Å²) in [5.74, 6) is -0.0275. The molecule has 0 saturated heterocycles. The van der Waals surface area contributed by atoms with Crippen LogP contribution in [0.5, 0.6) is 0 Å². The smallest absolute Gasteiger partial charge is 0.224 e. The highest BCUT2D eigenvalue weighted by atomic mass is 16.3. The molecule has 0 aliphatic carbocycles. The Bertz CT molecular complexity index is 506. The third-order valence-electron chi connectivity index (χ3n) is 2.73. The molecule has 2 N–H and O–H groups in total. The summed E-state index contributed by atoms with van der Waals surface area (Å²) in [6.07, 6.45) is 4.54. The molecule has 100 valence electrons. The maximum absolute atomic E-state index is 11.6. The van der Waals surface area contributed by atoms with E-state index in [0.717, 1.165) is 11.3 Å². The van der Waals surface area contributed by atoms with E-state index in [2.05, 4.69) is 10.4 Å². The van der Waals surface area contributed by atoms with E-state index in [4.69, 9.17) is 5.11 Å². The van der Waals surface area contributed by atoms with Crippen LogP contribution in [0, 0.1) is 0 Å². The number of amides is 1. The molecule has 0 aliphatic heterocycles. The summed E-state index contributed by atoms with van der Waals surface area (Å²) in [6.45, 7) is 0.611. The number of aliphatic hydroxyl groups excluding tert-OH is 1. The van der Waals surface area contributed by atoms with Gasteiger partial charge in [0.1, 0.15) is 0 Å². The van der Waals surface area contributed by atoms with Crippen molar-refractivity contribution in [3.05, 3.63) is 48.3 Å².